The van der Waals surface area contributed by atoms with Gasteiger partial charge in [-0.3, -0.25) is 0 Å². The number of hydrogen-bond acceptors (Lipinski definition) is 6. The van der Waals surface area contributed by atoms with Gasteiger partial charge in [-0.15, -0.1) is 0 Å². The number of carbonyl (C=O) groups excluding carboxylic acids is 1. The van der Waals surface area contributed by atoms with Crippen LogP contribution < -0.4 is 5.73 Å². The molecule has 0 aliphatic carbocycles. The molecule has 1 saturated heterocycles. The highest BCUT2D eigenvalue weighted by molar-refractivity contribution is 5.88. The summed E-state index contributed by atoms with van der Waals surface area (Å²) in [7, 11) is 0. The molecule has 25 heavy (non-hydrogen) atoms. The van der Waals surface area contributed by atoms with Crippen LogP contribution in [0, 0.1) is 0 Å². The molecule has 3 heterocycles. The Labute approximate surface area is 147 Å². The van der Waals surface area contributed by atoms with Gasteiger partial charge < -0.3 is 15.4 Å². The Hall–Kier alpha value is -2.38. The fourth-order valence-corrected chi connectivity index (χ4v) is 3.19. The van der Waals surface area contributed by atoms with Gasteiger partial charge in [0.05, 0.1) is 17.1 Å². The van der Waals surface area contributed by atoms with Gasteiger partial charge in [0.25, 0.3) is 0 Å². The molecule has 0 atom stereocenters. The van der Waals surface area contributed by atoms with Crippen molar-refractivity contribution in [2.24, 2.45) is 0 Å². The summed E-state index contributed by atoms with van der Waals surface area (Å²) in [5.41, 5.74) is 7.24. The number of nitrogens with zero attached hydrogens (tertiary/aromatic N) is 5. The summed E-state index contributed by atoms with van der Waals surface area (Å²) in [6.07, 6.45) is 3.62. The summed E-state index contributed by atoms with van der Waals surface area (Å²) in [5.74, 6) is 0.472. The minimum atomic E-state index is -0.476. The zero-order valence-corrected chi connectivity index (χ0v) is 15.3. The van der Waals surface area contributed by atoms with E-state index in [1.165, 1.54) is 6.33 Å². The second kappa shape index (κ2) is 6.50. The number of aromatic nitrogens is 4. The van der Waals surface area contributed by atoms with Crippen LogP contribution in [0.3, 0.4) is 0 Å². The molecule has 0 radical (unpaired) electrons. The number of aryl methyl sites for hydroxylation is 1. The zero-order chi connectivity index (χ0) is 18.2. The molecule has 0 aromatic carbocycles. The highest BCUT2D eigenvalue weighted by atomic mass is 16.6. The number of ether oxygens (including phenoxy) is 1. The van der Waals surface area contributed by atoms with Crippen LogP contribution in [0.15, 0.2) is 6.33 Å². The first-order valence-corrected chi connectivity index (χ1v) is 8.75. The average Bonchev–Trinajstić information content (AvgIpc) is 2.93. The summed E-state index contributed by atoms with van der Waals surface area (Å²) < 4.78 is 7.41. The minimum absolute atomic E-state index is 0.191. The van der Waals surface area contributed by atoms with Gasteiger partial charge in [-0.05, 0) is 40.0 Å². The van der Waals surface area contributed by atoms with E-state index in [0.29, 0.717) is 18.9 Å². The normalized spacial score (nSPS) is 16.4. The highest BCUT2D eigenvalue weighted by Crippen LogP contribution is 2.29. The molecular formula is C17H26N6O2. The maximum atomic E-state index is 12.2. The third-order valence-corrected chi connectivity index (χ3v) is 4.39. The van der Waals surface area contributed by atoms with E-state index in [1.807, 2.05) is 32.4 Å². The van der Waals surface area contributed by atoms with Gasteiger partial charge in [-0.1, -0.05) is 6.92 Å². The average molecular weight is 346 g/mol. The second-order valence-corrected chi connectivity index (χ2v) is 7.40. The van der Waals surface area contributed by atoms with E-state index >= 15 is 0 Å². The maximum Gasteiger partial charge on any atom is 0.410 e. The molecule has 1 fully saturated rings. The summed E-state index contributed by atoms with van der Waals surface area (Å²) in [5, 5.41) is 5.57. The smallest absolute Gasteiger partial charge is 0.410 e. The molecule has 1 amide bonds. The van der Waals surface area contributed by atoms with E-state index in [2.05, 4.69) is 9.97 Å². The van der Waals surface area contributed by atoms with Crippen molar-refractivity contribution < 1.29 is 9.53 Å². The van der Waals surface area contributed by atoms with Crippen LogP contribution in [0.2, 0.25) is 0 Å². The summed E-state index contributed by atoms with van der Waals surface area (Å²) in [6, 6.07) is 0.191. The Morgan fingerprint density at radius 2 is 2.00 bits per heavy atom. The van der Waals surface area contributed by atoms with Crippen LogP contribution in [-0.2, 0) is 11.2 Å². The molecule has 1 aliphatic heterocycles. The number of amides is 1. The molecular weight excluding hydrogens is 320 g/mol. The minimum Gasteiger partial charge on any atom is -0.444 e. The molecule has 136 valence electrons. The van der Waals surface area contributed by atoms with E-state index in [-0.39, 0.29) is 12.1 Å². The fourth-order valence-electron chi connectivity index (χ4n) is 3.19. The topological polar surface area (TPSA) is 99.2 Å². The van der Waals surface area contributed by atoms with E-state index in [0.717, 1.165) is 36.0 Å². The largest absolute Gasteiger partial charge is 0.444 e. The number of likely N-dealkylation sites (tertiary alicyclic amines) is 1. The van der Waals surface area contributed by atoms with Gasteiger partial charge in [-0.25, -0.2) is 19.4 Å². The second-order valence-electron chi connectivity index (χ2n) is 7.40. The lowest BCUT2D eigenvalue weighted by atomic mass is 10.1. The summed E-state index contributed by atoms with van der Waals surface area (Å²) in [4.78, 5) is 22.5. The van der Waals surface area contributed by atoms with Gasteiger partial charge in [0, 0.05) is 13.1 Å². The molecule has 0 saturated carbocycles. The molecule has 0 unspecified atom stereocenters. The molecule has 2 aromatic heterocycles. The third-order valence-electron chi connectivity index (χ3n) is 4.39. The molecule has 0 bridgehead atoms. The number of nitrogen functional groups attached to an aromatic ring is 1. The van der Waals surface area contributed by atoms with Crippen LogP contribution in [0.5, 0.6) is 0 Å². The van der Waals surface area contributed by atoms with Crippen molar-refractivity contribution in [2.45, 2.75) is 58.6 Å². The quantitative estimate of drug-likeness (QED) is 0.897. The number of carbonyl (C=O) groups is 1. The number of fused-ring (bicyclic) bond motifs is 1. The van der Waals surface area contributed by atoms with E-state index in [9.17, 15) is 4.79 Å². The van der Waals surface area contributed by atoms with Crippen molar-refractivity contribution in [3.8, 4) is 0 Å². The first-order valence-electron chi connectivity index (χ1n) is 8.75. The molecule has 2 aromatic rings. The summed E-state index contributed by atoms with van der Waals surface area (Å²) >= 11 is 0. The van der Waals surface area contributed by atoms with Crippen LogP contribution in [0.4, 0.5) is 10.6 Å². The number of nitrogens with two attached hydrogens (primary N) is 1. The van der Waals surface area contributed by atoms with E-state index < -0.39 is 5.60 Å². The Balaban J connectivity index is 1.77. The number of piperidine rings is 1. The molecule has 1 aliphatic rings. The van der Waals surface area contributed by atoms with Crippen molar-refractivity contribution in [1.29, 1.82) is 0 Å². The monoisotopic (exact) mass is 346 g/mol. The van der Waals surface area contributed by atoms with Gasteiger partial charge in [0.15, 0.2) is 5.65 Å². The van der Waals surface area contributed by atoms with Gasteiger partial charge >= 0.3 is 6.09 Å². The lowest BCUT2D eigenvalue weighted by molar-refractivity contribution is 0.0186. The van der Waals surface area contributed by atoms with Crippen molar-refractivity contribution in [3.63, 3.8) is 0 Å². The van der Waals surface area contributed by atoms with E-state index in [4.69, 9.17) is 15.6 Å². The molecule has 8 heteroatoms. The lowest BCUT2D eigenvalue weighted by Gasteiger charge is -2.33. The fraction of sp³-hybridized carbons (Fsp3) is 0.647. The lowest BCUT2D eigenvalue weighted by Crippen LogP contribution is -2.42. The van der Waals surface area contributed by atoms with Gasteiger partial charge in [0.1, 0.15) is 17.7 Å². The van der Waals surface area contributed by atoms with Crippen LogP contribution >= 0.6 is 0 Å². The Kier molecular flexibility index (Phi) is 4.53. The van der Waals surface area contributed by atoms with Crippen molar-refractivity contribution in [1.82, 2.24) is 24.6 Å². The van der Waals surface area contributed by atoms with Crippen molar-refractivity contribution in [3.05, 3.63) is 12.0 Å². The molecule has 8 nitrogen and oxygen atoms in total. The van der Waals surface area contributed by atoms with E-state index in [1.54, 1.807) is 4.90 Å². The highest BCUT2D eigenvalue weighted by Gasteiger charge is 2.29. The predicted octanol–water partition coefficient (Wildman–Crippen LogP) is 2.54. The summed E-state index contributed by atoms with van der Waals surface area (Å²) in [6.45, 7) is 8.97. The zero-order valence-electron chi connectivity index (χ0n) is 15.3. The Morgan fingerprint density at radius 1 is 1.32 bits per heavy atom. The van der Waals surface area contributed by atoms with Gasteiger partial charge in [0.2, 0.25) is 0 Å². The van der Waals surface area contributed by atoms with Crippen molar-refractivity contribution in [2.75, 3.05) is 18.8 Å². The SMILES string of the molecule is CCc1nn(C2CCN(C(=O)OC(C)(C)C)CC2)c2ncnc(N)c12. The number of anilines is 1. The first-order chi connectivity index (χ1) is 11.8. The number of hydrogen-bond donors (Lipinski definition) is 1. The van der Waals surface area contributed by atoms with Crippen LogP contribution in [0.1, 0.15) is 52.3 Å². The van der Waals surface area contributed by atoms with Crippen LogP contribution in [-0.4, -0.2) is 49.4 Å². The Bertz CT molecular complexity index is 771. The maximum absolute atomic E-state index is 12.2. The molecule has 3 rings (SSSR count). The predicted molar refractivity (Wildman–Crippen MR) is 95.2 cm³/mol. The third kappa shape index (κ3) is 3.52. The molecule has 2 N–H and O–H groups in total. The van der Waals surface area contributed by atoms with Gasteiger partial charge in [-0.2, -0.15) is 5.10 Å². The van der Waals surface area contributed by atoms with Crippen LogP contribution in [0.25, 0.3) is 11.0 Å². The molecule has 0 spiro atoms. The van der Waals surface area contributed by atoms with Crippen molar-refractivity contribution >= 4 is 22.9 Å². The Morgan fingerprint density at radius 3 is 2.60 bits per heavy atom. The first kappa shape index (κ1) is 17.4. The standard InChI is InChI=1S/C17H26N6O2/c1-5-12-13-14(18)19-10-20-15(13)23(21-12)11-6-8-22(9-7-11)16(24)25-17(2,3)4/h10-11H,5-9H2,1-4H3,(H2,18,19,20). The number of rotatable bonds is 2.